The average Bonchev–Trinajstić information content (AvgIpc) is 3.03. The van der Waals surface area contributed by atoms with Gasteiger partial charge in [-0.05, 0) is 31.4 Å². The van der Waals surface area contributed by atoms with Crippen LogP contribution in [-0.2, 0) is 4.74 Å². The molecule has 1 aromatic heterocycles. The van der Waals surface area contributed by atoms with E-state index in [2.05, 4.69) is 20.4 Å². The fourth-order valence-electron chi connectivity index (χ4n) is 2.90. The third-order valence-corrected chi connectivity index (χ3v) is 4.08. The summed E-state index contributed by atoms with van der Waals surface area (Å²) in [5.41, 5.74) is 0.353. The van der Waals surface area contributed by atoms with E-state index in [9.17, 15) is 0 Å². The van der Waals surface area contributed by atoms with Crippen LogP contribution in [-0.4, -0.2) is 53.5 Å². The molecule has 1 aromatic rings. The minimum absolute atomic E-state index is 0.353. The lowest BCUT2D eigenvalue weighted by Gasteiger charge is -2.35. The van der Waals surface area contributed by atoms with Gasteiger partial charge in [0.25, 0.3) is 0 Å². The molecule has 2 aliphatic rings. The predicted octanol–water partition coefficient (Wildman–Crippen LogP) is 1.01. The molecule has 2 fully saturated rings. The molecular weight excluding hydrogens is 254 g/mol. The van der Waals surface area contributed by atoms with Crippen LogP contribution < -0.4 is 5.32 Å². The number of nitrogens with zero attached hydrogens (tertiary/aromatic N) is 4. The van der Waals surface area contributed by atoms with Crippen LogP contribution in [0.25, 0.3) is 0 Å². The van der Waals surface area contributed by atoms with E-state index in [1.807, 2.05) is 12.1 Å². The quantitative estimate of drug-likeness (QED) is 0.886. The first-order valence-corrected chi connectivity index (χ1v) is 7.17. The molecule has 3 heterocycles. The van der Waals surface area contributed by atoms with Crippen molar-refractivity contribution >= 4 is 5.82 Å². The van der Waals surface area contributed by atoms with Crippen LogP contribution >= 0.6 is 0 Å². The number of nitriles is 1. The van der Waals surface area contributed by atoms with E-state index in [1.165, 1.54) is 6.42 Å². The first-order valence-electron chi connectivity index (χ1n) is 7.17. The lowest BCUT2D eigenvalue weighted by molar-refractivity contribution is 0.124. The molecule has 106 valence electrons. The maximum atomic E-state index is 8.69. The second kappa shape index (κ2) is 6.16. The predicted molar refractivity (Wildman–Crippen MR) is 74.2 cm³/mol. The molecule has 0 saturated carbocycles. The highest BCUT2D eigenvalue weighted by Gasteiger charge is 2.27. The van der Waals surface area contributed by atoms with Crippen molar-refractivity contribution in [3.8, 4) is 6.07 Å². The molecule has 1 N–H and O–H groups in total. The van der Waals surface area contributed by atoms with Gasteiger partial charge in [0.2, 0.25) is 0 Å². The Labute approximate surface area is 118 Å². The zero-order valence-electron chi connectivity index (χ0n) is 11.5. The number of nitrogens with one attached hydrogen (secondary N) is 1. The smallest absolute Gasteiger partial charge is 0.163 e. The molecule has 20 heavy (non-hydrogen) atoms. The Hall–Kier alpha value is -1.71. The van der Waals surface area contributed by atoms with Crippen LogP contribution in [0, 0.1) is 11.3 Å². The third-order valence-electron chi connectivity index (χ3n) is 4.08. The van der Waals surface area contributed by atoms with E-state index in [0.717, 1.165) is 45.0 Å². The molecule has 6 heteroatoms. The summed E-state index contributed by atoms with van der Waals surface area (Å²) in [5, 5.41) is 20.0. The van der Waals surface area contributed by atoms with E-state index in [-0.39, 0.29) is 0 Å². The third kappa shape index (κ3) is 3.06. The molecule has 0 aliphatic carbocycles. The number of hydrogen-bond acceptors (Lipinski definition) is 6. The van der Waals surface area contributed by atoms with Gasteiger partial charge in [-0.1, -0.05) is 0 Å². The fourth-order valence-corrected chi connectivity index (χ4v) is 2.90. The molecule has 1 unspecified atom stereocenters. The zero-order chi connectivity index (χ0) is 13.8. The average molecular weight is 273 g/mol. The minimum Gasteiger partial charge on any atom is -0.380 e. The largest absolute Gasteiger partial charge is 0.380 e. The fraction of sp³-hybridized carbons (Fsp3) is 0.643. The minimum atomic E-state index is 0.353. The first kappa shape index (κ1) is 13.3. The summed E-state index contributed by atoms with van der Waals surface area (Å²) in [5.74, 6) is 0.756. The Morgan fingerprint density at radius 1 is 1.25 bits per heavy atom. The zero-order valence-corrected chi connectivity index (χ0v) is 11.5. The molecule has 0 bridgehead atoms. The lowest BCUT2D eigenvalue weighted by Crippen LogP contribution is -2.44. The lowest BCUT2D eigenvalue weighted by atomic mass is 10.0. The summed E-state index contributed by atoms with van der Waals surface area (Å²) in [6.07, 6.45) is 3.38. The summed E-state index contributed by atoms with van der Waals surface area (Å²) >= 11 is 0. The monoisotopic (exact) mass is 273 g/mol. The number of likely N-dealkylation sites (tertiary alicyclic amines) is 1. The number of anilines is 1. The Morgan fingerprint density at radius 3 is 2.70 bits per heavy atom. The van der Waals surface area contributed by atoms with Gasteiger partial charge in [0, 0.05) is 31.8 Å². The normalized spacial score (nSPS) is 24.4. The van der Waals surface area contributed by atoms with E-state index in [0.29, 0.717) is 17.8 Å². The van der Waals surface area contributed by atoms with Crippen molar-refractivity contribution in [3.05, 3.63) is 17.8 Å². The van der Waals surface area contributed by atoms with Gasteiger partial charge in [0.15, 0.2) is 5.69 Å². The summed E-state index contributed by atoms with van der Waals surface area (Å²) in [4.78, 5) is 2.54. The van der Waals surface area contributed by atoms with E-state index in [4.69, 9.17) is 10.00 Å². The summed E-state index contributed by atoms with van der Waals surface area (Å²) in [6, 6.07) is 6.55. The topological polar surface area (TPSA) is 74.1 Å². The first-order chi connectivity index (χ1) is 9.85. The number of ether oxygens (including phenoxy) is 1. The van der Waals surface area contributed by atoms with Gasteiger partial charge in [-0.15, -0.1) is 10.2 Å². The van der Waals surface area contributed by atoms with Gasteiger partial charge in [-0.25, -0.2) is 0 Å². The van der Waals surface area contributed by atoms with Gasteiger partial charge in [-0.3, -0.25) is 4.90 Å². The molecule has 0 radical (unpaired) electrons. The molecule has 6 nitrogen and oxygen atoms in total. The Bertz CT molecular complexity index is 469. The van der Waals surface area contributed by atoms with Crippen LogP contribution in [0.1, 0.15) is 25.0 Å². The maximum Gasteiger partial charge on any atom is 0.163 e. The second-order valence-electron chi connectivity index (χ2n) is 5.39. The van der Waals surface area contributed by atoms with Crippen molar-refractivity contribution in [2.45, 2.75) is 31.3 Å². The number of aromatic nitrogens is 2. The Balaban J connectivity index is 1.49. The molecule has 2 aliphatic heterocycles. The van der Waals surface area contributed by atoms with Gasteiger partial charge in [0.1, 0.15) is 11.9 Å². The molecule has 0 spiro atoms. The SMILES string of the molecule is N#Cc1ccc(NC2CCN(C3CCOC3)CC2)nn1. The standard InChI is InChI=1S/C14H19N5O/c15-9-12-1-2-14(18-17-12)16-11-3-6-19(7-4-11)13-5-8-20-10-13/h1-2,11,13H,3-8,10H2,(H,16,18). The van der Waals surface area contributed by atoms with Gasteiger partial charge < -0.3 is 10.1 Å². The number of rotatable bonds is 3. The summed E-state index contributed by atoms with van der Waals surface area (Å²) < 4.78 is 5.45. The molecule has 0 amide bonds. The van der Waals surface area contributed by atoms with Crippen LogP contribution in [0.15, 0.2) is 12.1 Å². The van der Waals surface area contributed by atoms with Crippen molar-refractivity contribution < 1.29 is 4.74 Å². The Kier molecular flexibility index (Phi) is 4.09. The maximum absolute atomic E-state index is 8.69. The summed E-state index contributed by atoms with van der Waals surface area (Å²) in [7, 11) is 0. The van der Waals surface area contributed by atoms with Gasteiger partial charge in [-0.2, -0.15) is 5.26 Å². The number of piperidine rings is 1. The highest BCUT2D eigenvalue weighted by molar-refractivity contribution is 5.36. The van der Waals surface area contributed by atoms with Crippen molar-refractivity contribution in [3.63, 3.8) is 0 Å². The molecule has 1 atom stereocenters. The van der Waals surface area contributed by atoms with E-state index >= 15 is 0 Å². The van der Waals surface area contributed by atoms with E-state index < -0.39 is 0 Å². The van der Waals surface area contributed by atoms with Gasteiger partial charge in [0.05, 0.1) is 6.61 Å². The highest BCUT2D eigenvalue weighted by Crippen LogP contribution is 2.20. The van der Waals surface area contributed by atoms with Crippen LogP contribution in [0.3, 0.4) is 0 Å². The summed E-state index contributed by atoms with van der Waals surface area (Å²) in [6.45, 7) is 4.01. The van der Waals surface area contributed by atoms with Crippen LogP contribution in [0.5, 0.6) is 0 Å². The van der Waals surface area contributed by atoms with E-state index in [1.54, 1.807) is 6.07 Å². The van der Waals surface area contributed by atoms with Crippen molar-refractivity contribution in [2.24, 2.45) is 0 Å². The number of hydrogen-bond donors (Lipinski definition) is 1. The van der Waals surface area contributed by atoms with Crippen molar-refractivity contribution in [1.82, 2.24) is 15.1 Å². The molecule has 2 saturated heterocycles. The second-order valence-corrected chi connectivity index (χ2v) is 5.39. The molecule has 3 rings (SSSR count). The van der Waals surface area contributed by atoms with Crippen molar-refractivity contribution in [2.75, 3.05) is 31.6 Å². The molecule has 0 aromatic carbocycles. The Morgan fingerprint density at radius 2 is 2.10 bits per heavy atom. The van der Waals surface area contributed by atoms with Crippen LogP contribution in [0.4, 0.5) is 5.82 Å². The highest BCUT2D eigenvalue weighted by atomic mass is 16.5. The van der Waals surface area contributed by atoms with Crippen molar-refractivity contribution in [1.29, 1.82) is 5.26 Å². The van der Waals surface area contributed by atoms with Gasteiger partial charge >= 0.3 is 0 Å². The van der Waals surface area contributed by atoms with Crippen LogP contribution in [0.2, 0.25) is 0 Å². The molecular formula is C14H19N5O.